The number of rotatable bonds is 7. The van der Waals surface area contributed by atoms with Crippen LogP contribution in [0.3, 0.4) is 0 Å². The molecule has 0 aliphatic heterocycles. The minimum Gasteiger partial charge on any atom is -0.326 e. The predicted molar refractivity (Wildman–Crippen MR) is 169 cm³/mol. The maximum absolute atomic E-state index is 13.2. The highest BCUT2D eigenvalue weighted by Gasteiger charge is 2.34. The number of sulfonamides is 1. The van der Waals surface area contributed by atoms with E-state index in [9.17, 15) is 18.5 Å². The van der Waals surface area contributed by atoms with E-state index in [-0.39, 0.29) is 26.8 Å². The highest BCUT2D eigenvalue weighted by Crippen LogP contribution is 2.48. The number of nitriles is 1. The third-order valence-electron chi connectivity index (χ3n) is 6.87. The van der Waals surface area contributed by atoms with Gasteiger partial charge in [0.2, 0.25) is 5.91 Å². The van der Waals surface area contributed by atoms with Gasteiger partial charge in [0.15, 0.2) is 0 Å². The summed E-state index contributed by atoms with van der Waals surface area (Å²) in [4.78, 5) is 12.2. The number of anilines is 2. The van der Waals surface area contributed by atoms with Crippen LogP contribution in [0.25, 0.3) is 17.8 Å². The molecule has 0 bridgehead atoms. The maximum atomic E-state index is 13.2. The highest BCUT2D eigenvalue weighted by atomic mass is 35.5. The van der Waals surface area contributed by atoms with Gasteiger partial charge in [0, 0.05) is 34.0 Å². The molecule has 0 atom stereocenters. The van der Waals surface area contributed by atoms with Gasteiger partial charge >= 0.3 is 0 Å². The van der Waals surface area contributed by atoms with Crippen molar-refractivity contribution in [1.82, 2.24) is 9.78 Å². The van der Waals surface area contributed by atoms with E-state index in [1.807, 2.05) is 55.5 Å². The molecule has 8 nitrogen and oxygen atoms in total. The molecule has 2 aromatic carbocycles. The quantitative estimate of drug-likeness (QED) is 0.226. The molecule has 2 N–H and O–H groups in total. The Kier molecular flexibility index (Phi) is 7.86. The van der Waals surface area contributed by atoms with Crippen LogP contribution in [0.4, 0.5) is 10.7 Å². The summed E-state index contributed by atoms with van der Waals surface area (Å²) < 4.78 is 30.8. The van der Waals surface area contributed by atoms with Crippen LogP contribution in [0.15, 0.2) is 71.1 Å². The van der Waals surface area contributed by atoms with Crippen molar-refractivity contribution >= 4 is 61.7 Å². The number of hydrogen-bond donors (Lipinski definition) is 2. The molecule has 0 unspecified atom stereocenters. The summed E-state index contributed by atoms with van der Waals surface area (Å²) in [5, 5.41) is 18.1. The zero-order valence-corrected chi connectivity index (χ0v) is 25.8. The van der Waals surface area contributed by atoms with Crippen LogP contribution >= 0.6 is 22.9 Å². The van der Waals surface area contributed by atoms with Gasteiger partial charge in [-0.15, -0.1) is 11.3 Å². The number of nitrogens with zero attached hydrogens (tertiary/aromatic N) is 3. The van der Waals surface area contributed by atoms with Crippen molar-refractivity contribution in [3.8, 4) is 11.8 Å². The van der Waals surface area contributed by atoms with Gasteiger partial charge in [0.25, 0.3) is 10.0 Å². The minimum absolute atomic E-state index is 0.0218. The number of nitrogens with one attached hydrogen (secondary N) is 2. The first-order chi connectivity index (χ1) is 19.9. The standard InChI is InChI=1S/C31H28ClN5O3S2/c1-19-25(29(32)37(35-19)23-8-6-5-7-9-23)15-10-21-16-26-27(18-33)30(41-28(26)31(3,4)17-21)36-42(39,40)24-13-11-22(12-14-24)34-20(2)38/h5-16,36H,17H2,1-4H3,(H,34,38)/b15-10-. The van der Waals surface area contributed by atoms with Crippen LogP contribution in [0.5, 0.6) is 0 Å². The van der Waals surface area contributed by atoms with Gasteiger partial charge in [-0.1, -0.05) is 49.7 Å². The Morgan fingerprint density at radius 1 is 1.14 bits per heavy atom. The van der Waals surface area contributed by atoms with Crippen molar-refractivity contribution in [2.75, 3.05) is 10.0 Å². The Hall–Kier alpha value is -4.17. The predicted octanol–water partition coefficient (Wildman–Crippen LogP) is 7.30. The second-order valence-corrected chi connectivity index (χ2v) is 13.7. The van der Waals surface area contributed by atoms with E-state index in [4.69, 9.17) is 11.6 Å². The van der Waals surface area contributed by atoms with E-state index >= 15 is 0 Å². The molecule has 1 amide bonds. The average Bonchev–Trinajstić information content (AvgIpc) is 3.43. The number of para-hydroxylation sites is 1. The van der Waals surface area contributed by atoms with Crippen molar-refractivity contribution < 1.29 is 13.2 Å². The molecule has 1 aliphatic rings. The van der Waals surface area contributed by atoms with Gasteiger partial charge in [0.05, 0.1) is 21.8 Å². The first-order valence-corrected chi connectivity index (χ1v) is 15.7. The number of allylic oxidation sites excluding steroid dienone is 2. The molecule has 2 aromatic heterocycles. The Bertz CT molecular complexity index is 1900. The second-order valence-electron chi connectivity index (χ2n) is 10.6. The number of hydrogen-bond acceptors (Lipinski definition) is 6. The fraction of sp³-hybridized carbons (Fsp3) is 0.194. The van der Waals surface area contributed by atoms with Gasteiger partial charge in [-0.25, -0.2) is 13.1 Å². The lowest BCUT2D eigenvalue weighted by atomic mass is 9.77. The van der Waals surface area contributed by atoms with Crippen molar-refractivity contribution in [3.63, 3.8) is 0 Å². The van der Waals surface area contributed by atoms with Crippen LogP contribution in [0.1, 0.15) is 54.5 Å². The van der Waals surface area contributed by atoms with Gasteiger partial charge < -0.3 is 5.32 Å². The van der Waals surface area contributed by atoms with Gasteiger partial charge in [0.1, 0.15) is 16.2 Å². The van der Waals surface area contributed by atoms with Crippen molar-refractivity contribution in [2.24, 2.45) is 0 Å². The Labute approximate surface area is 254 Å². The topological polar surface area (TPSA) is 117 Å². The van der Waals surface area contributed by atoms with E-state index in [0.29, 0.717) is 22.8 Å². The monoisotopic (exact) mass is 617 g/mol. The van der Waals surface area contributed by atoms with Gasteiger partial charge in [-0.2, -0.15) is 10.4 Å². The van der Waals surface area contributed by atoms with Crippen LogP contribution in [-0.4, -0.2) is 24.1 Å². The summed E-state index contributed by atoms with van der Waals surface area (Å²) in [7, 11) is -3.98. The third-order valence-corrected chi connectivity index (χ3v) is 10.2. The third kappa shape index (κ3) is 5.77. The molecule has 2 heterocycles. The first kappa shape index (κ1) is 29.3. The lowest BCUT2D eigenvalue weighted by Gasteiger charge is -2.29. The van der Waals surface area contributed by atoms with Crippen molar-refractivity contribution in [2.45, 2.75) is 44.4 Å². The van der Waals surface area contributed by atoms with Crippen molar-refractivity contribution in [1.29, 1.82) is 5.26 Å². The van der Waals surface area contributed by atoms with E-state index < -0.39 is 10.0 Å². The molecule has 0 spiro atoms. The van der Waals surface area contributed by atoms with Crippen LogP contribution in [0, 0.1) is 18.3 Å². The second kappa shape index (κ2) is 11.2. The molecule has 0 saturated carbocycles. The molecule has 0 fully saturated rings. The Balaban J connectivity index is 1.46. The van der Waals surface area contributed by atoms with Gasteiger partial charge in [-0.05, 0) is 67.5 Å². The number of carbonyl (C=O) groups is 1. The molecule has 4 aromatic rings. The fourth-order valence-electron chi connectivity index (χ4n) is 4.93. The average molecular weight is 618 g/mol. The zero-order valence-electron chi connectivity index (χ0n) is 23.4. The van der Waals surface area contributed by atoms with Crippen LogP contribution in [-0.2, 0) is 20.2 Å². The number of halogens is 1. The molecule has 0 radical (unpaired) electrons. The summed E-state index contributed by atoms with van der Waals surface area (Å²) in [6.07, 6.45) is 6.54. The molecule has 11 heteroatoms. The zero-order chi connectivity index (χ0) is 30.2. The lowest BCUT2D eigenvalue weighted by Crippen LogP contribution is -2.20. The highest BCUT2D eigenvalue weighted by molar-refractivity contribution is 7.93. The fourth-order valence-corrected chi connectivity index (χ4v) is 7.80. The molecule has 5 rings (SSSR count). The molecular formula is C31H28ClN5O3S2. The van der Waals surface area contributed by atoms with Crippen LogP contribution < -0.4 is 10.0 Å². The van der Waals surface area contributed by atoms with E-state index in [2.05, 4.69) is 35.1 Å². The van der Waals surface area contributed by atoms with Gasteiger partial charge in [-0.3, -0.25) is 9.52 Å². The SMILES string of the molecule is CC(=O)Nc1ccc(S(=O)(=O)Nc2sc3c(c2C#N)C=C(/C=C\c2c(C)nn(-c4ccccc4)c2Cl)CC3(C)C)cc1. The number of aromatic nitrogens is 2. The number of aryl methyl sites for hydroxylation is 1. The number of benzene rings is 2. The number of thiophene rings is 1. The summed E-state index contributed by atoms with van der Waals surface area (Å²) in [5.41, 5.74) is 4.55. The van der Waals surface area contributed by atoms with Crippen LogP contribution in [0.2, 0.25) is 5.15 Å². The molecular weight excluding hydrogens is 590 g/mol. The summed E-state index contributed by atoms with van der Waals surface area (Å²) in [6.45, 7) is 7.44. The number of carbonyl (C=O) groups excluding carboxylic acids is 1. The Morgan fingerprint density at radius 2 is 1.83 bits per heavy atom. The molecule has 42 heavy (non-hydrogen) atoms. The summed E-state index contributed by atoms with van der Waals surface area (Å²) in [5.74, 6) is -0.253. The van der Waals surface area contributed by atoms with E-state index in [1.165, 1.54) is 42.5 Å². The first-order valence-electron chi connectivity index (χ1n) is 13.1. The summed E-state index contributed by atoms with van der Waals surface area (Å²) >= 11 is 7.99. The Morgan fingerprint density at radius 3 is 2.48 bits per heavy atom. The molecule has 214 valence electrons. The smallest absolute Gasteiger partial charge is 0.262 e. The maximum Gasteiger partial charge on any atom is 0.262 e. The molecule has 0 saturated heterocycles. The lowest BCUT2D eigenvalue weighted by molar-refractivity contribution is -0.114. The van der Waals surface area contributed by atoms with E-state index in [0.717, 1.165) is 27.4 Å². The normalized spacial score (nSPS) is 14.2. The minimum atomic E-state index is -3.98. The number of fused-ring (bicyclic) bond motifs is 1. The van der Waals surface area contributed by atoms with E-state index in [1.54, 1.807) is 4.68 Å². The largest absolute Gasteiger partial charge is 0.326 e. The summed E-state index contributed by atoms with van der Waals surface area (Å²) in [6, 6.07) is 17.7. The number of amides is 1. The molecule has 1 aliphatic carbocycles. The van der Waals surface area contributed by atoms with Crippen molar-refractivity contribution in [3.05, 3.63) is 98.7 Å².